The fourth-order valence-electron chi connectivity index (χ4n) is 2.12. The second-order valence-corrected chi connectivity index (χ2v) is 5.82. The Kier molecular flexibility index (Phi) is 3.64. The predicted octanol–water partition coefficient (Wildman–Crippen LogP) is 1.24. The standard InChI is InChI=1S/C12H19NO2S/c1-2-10-3-4-11(16-10)7-13-6-5-12(15,8-13)9-14/h3-4,14-15H,2,5-9H2,1H3. The fraction of sp³-hybridized carbons (Fsp3) is 0.667. The Bertz CT molecular complexity index is 353. The Hall–Kier alpha value is -0.420. The number of β-amino-alcohol motifs (C(OH)–C–C–N with tert-alkyl or cyclic N) is 1. The number of aliphatic hydroxyl groups is 2. The number of aryl methyl sites for hydroxylation is 1. The maximum absolute atomic E-state index is 9.91. The van der Waals surface area contributed by atoms with Crippen molar-refractivity contribution >= 4 is 11.3 Å². The van der Waals surface area contributed by atoms with Crippen molar-refractivity contribution in [3.63, 3.8) is 0 Å². The molecule has 0 amide bonds. The second-order valence-electron chi connectivity index (χ2n) is 4.56. The summed E-state index contributed by atoms with van der Waals surface area (Å²) in [4.78, 5) is 4.97. The molecule has 1 aromatic heterocycles. The number of thiophene rings is 1. The molecule has 0 saturated carbocycles. The van der Waals surface area contributed by atoms with Gasteiger partial charge in [-0.15, -0.1) is 11.3 Å². The lowest BCUT2D eigenvalue weighted by molar-refractivity contribution is -0.00574. The molecule has 1 aliphatic heterocycles. The molecule has 2 N–H and O–H groups in total. The zero-order valence-electron chi connectivity index (χ0n) is 9.65. The van der Waals surface area contributed by atoms with E-state index in [9.17, 15) is 5.11 Å². The molecule has 0 aromatic carbocycles. The lowest BCUT2D eigenvalue weighted by atomic mass is 10.1. The van der Waals surface area contributed by atoms with Gasteiger partial charge in [-0.05, 0) is 25.0 Å². The maximum Gasteiger partial charge on any atom is 0.102 e. The Labute approximate surface area is 100 Å². The summed E-state index contributed by atoms with van der Waals surface area (Å²) in [5, 5.41) is 19.0. The maximum atomic E-state index is 9.91. The highest BCUT2D eigenvalue weighted by Crippen LogP contribution is 2.25. The molecule has 1 atom stereocenters. The minimum atomic E-state index is -0.870. The van der Waals surface area contributed by atoms with Gasteiger partial charge in [0.15, 0.2) is 0 Å². The molecule has 0 radical (unpaired) electrons. The number of hydrogen-bond donors (Lipinski definition) is 2. The molecule has 1 saturated heterocycles. The first-order valence-electron chi connectivity index (χ1n) is 5.78. The van der Waals surface area contributed by atoms with Crippen LogP contribution < -0.4 is 0 Å². The minimum absolute atomic E-state index is 0.131. The van der Waals surface area contributed by atoms with E-state index in [0.717, 1.165) is 19.5 Å². The molecular weight excluding hydrogens is 222 g/mol. The number of hydrogen-bond acceptors (Lipinski definition) is 4. The number of rotatable bonds is 4. The molecule has 2 rings (SSSR count). The van der Waals surface area contributed by atoms with Gasteiger partial charge in [-0.1, -0.05) is 6.92 Å². The van der Waals surface area contributed by atoms with Crippen molar-refractivity contribution in [2.75, 3.05) is 19.7 Å². The molecular formula is C12H19NO2S. The summed E-state index contributed by atoms with van der Waals surface area (Å²) >= 11 is 1.84. The van der Waals surface area contributed by atoms with E-state index >= 15 is 0 Å². The molecule has 0 spiro atoms. The van der Waals surface area contributed by atoms with Crippen LogP contribution in [0.25, 0.3) is 0 Å². The van der Waals surface area contributed by atoms with Gasteiger partial charge < -0.3 is 10.2 Å². The molecule has 0 aliphatic carbocycles. The van der Waals surface area contributed by atoms with Crippen molar-refractivity contribution in [2.24, 2.45) is 0 Å². The molecule has 0 bridgehead atoms. The van der Waals surface area contributed by atoms with E-state index in [1.807, 2.05) is 11.3 Å². The monoisotopic (exact) mass is 241 g/mol. The number of nitrogens with zero attached hydrogens (tertiary/aromatic N) is 1. The van der Waals surface area contributed by atoms with E-state index in [4.69, 9.17) is 5.11 Å². The summed E-state index contributed by atoms with van der Waals surface area (Å²) < 4.78 is 0. The first-order valence-corrected chi connectivity index (χ1v) is 6.60. The molecule has 3 nitrogen and oxygen atoms in total. The van der Waals surface area contributed by atoms with Gasteiger partial charge in [0.05, 0.1) is 6.61 Å². The first-order chi connectivity index (χ1) is 7.65. The van der Waals surface area contributed by atoms with Crippen LogP contribution in [0, 0.1) is 0 Å². The predicted molar refractivity (Wildman–Crippen MR) is 65.6 cm³/mol. The van der Waals surface area contributed by atoms with Crippen LogP contribution in [0.5, 0.6) is 0 Å². The smallest absolute Gasteiger partial charge is 0.102 e. The molecule has 1 aromatic rings. The van der Waals surface area contributed by atoms with Gasteiger partial charge in [-0.3, -0.25) is 4.90 Å². The Morgan fingerprint density at radius 3 is 2.75 bits per heavy atom. The van der Waals surface area contributed by atoms with Crippen molar-refractivity contribution < 1.29 is 10.2 Å². The normalized spacial score (nSPS) is 26.4. The van der Waals surface area contributed by atoms with E-state index in [2.05, 4.69) is 24.0 Å². The Morgan fingerprint density at radius 1 is 1.44 bits per heavy atom. The minimum Gasteiger partial charge on any atom is -0.393 e. The van der Waals surface area contributed by atoms with Gasteiger partial charge in [0.2, 0.25) is 0 Å². The van der Waals surface area contributed by atoms with Crippen molar-refractivity contribution in [2.45, 2.75) is 31.9 Å². The van der Waals surface area contributed by atoms with Gasteiger partial charge in [-0.2, -0.15) is 0 Å². The zero-order valence-corrected chi connectivity index (χ0v) is 10.5. The van der Waals surface area contributed by atoms with E-state index < -0.39 is 5.60 Å². The average Bonchev–Trinajstić information content (AvgIpc) is 2.87. The first kappa shape index (κ1) is 12.0. The highest BCUT2D eigenvalue weighted by molar-refractivity contribution is 7.11. The summed E-state index contributed by atoms with van der Waals surface area (Å²) in [5.74, 6) is 0. The van der Waals surface area contributed by atoms with Crippen LogP contribution in [-0.2, 0) is 13.0 Å². The van der Waals surface area contributed by atoms with E-state index in [1.54, 1.807) is 0 Å². The third-order valence-electron chi connectivity index (χ3n) is 3.15. The van der Waals surface area contributed by atoms with Crippen LogP contribution in [0.3, 0.4) is 0 Å². The van der Waals surface area contributed by atoms with Gasteiger partial charge in [0, 0.05) is 29.4 Å². The lowest BCUT2D eigenvalue weighted by Crippen LogP contribution is -2.36. The zero-order chi connectivity index (χ0) is 11.6. The van der Waals surface area contributed by atoms with Crippen molar-refractivity contribution in [3.05, 3.63) is 21.9 Å². The van der Waals surface area contributed by atoms with Crippen LogP contribution in [0.15, 0.2) is 12.1 Å². The summed E-state index contributed by atoms with van der Waals surface area (Å²) in [5.41, 5.74) is -0.870. The lowest BCUT2D eigenvalue weighted by Gasteiger charge is -2.20. The van der Waals surface area contributed by atoms with Gasteiger partial charge in [-0.25, -0.2) is 0 Å². The van der Waals surface area contributed by atoms with E-state index in [0.29, 0.717) is 13.0 Å². The Morgan fingerprint density at radius 2 is 2.19 bits per heavy atom. The fourth-order valence-corrected chi connectivity index (χ4v) is 3.12. The van der Waals surface area contributed by atoms with E-state index in [-0.39, 0.29) is 6.61 Å². The molecule has 90 valence electrons. The summed E-state index contributed by atoms with van der Waals surface area (Å²) in [7, 11) is 0. The van der Waals surface area contributed by atoms with E-state index in [1.165, 1.54) is 9.75 Å². The SMILES string of the molecule is CCc1ccc(CN2CCC(O)(CO)C2)s1. The summed E-state index contributed by atoms with van der Waals surface area (Å²) in [6, 6.07) is 4.34. The molecule has 1 unspecified atom stereocenters. The van der Waals surface area contributed by atoms with Crippen LogP contribution in [0.1, 0.15) is 23.1 Å². The molecule has 2 heterocycles. The summed E-state index contributed by atoms with van der Waals surface area (Å²) in [6.07, 6.45) is 1.76. The molecule has 1 fully saturated rings. The second kappa shape index (κ2) is 4.84. The number of aliphatic hydroxyl groups excluding tert-OH is 1. The van der Waals surface area contributed by atoms with Crippen molar-refractivity contribution in [1.29, 1.82) is 0 Å². The third-order valence-corrected chi connectivity index (χ3v) is 4.37. The van der Waals surface area contributed by atoms with Gasteiger partial charge in [0.25, 0.3) is 0 Å². The summed E-state index contributed by atoms with van der Waals surface area (Å²) in [6.45, 7) is 4.39. The highest BCUT2D eigenvalue weighted by atomic mass is 32.1. The van der Waals surface area contributed by atoms with Gasteiger partial charge in [0.1, 0.15) is 5.60 Å². The topological polar surface area (TPSA) is 43.7 Å². The van der Waals surface area contributed by atoms with Crippen LogP contribution in [0.4, 0.5) is 0 Å². The Balaban J connectivity index is 1.91. The largest absolute Gasteiger partial charge is 0.393 e. The van der Waals surface area contributed by atoms with Crippen molar-refractivity contribution in [1.82, 2.24) is 4.90 Å². The van der Waals surface area contributed by atoms with Crippen LogP contribution in [-0.4, -0.2) is 40.4 Å². The van der Waals surface area contributed by atoms with Gasteiger partial charge >= 0.3 is 0 Å². The third kappa shape index (κ3) is 2.63. The van der Waals surface area contributed by atoms with Crippen molar-refractivity contribution in [3.8, 4) is 0 Å². The molecule has 16 heavy (non-hydrogen) atoms. The van der Waals surface area contributed by atoms with Crippen LogP contribution in [0.2, 0.25) is 0 Å². The molecule has 4 heteroatoms. The van der Waals surface area contributed by atoms with Crippen LogP contribution >= 0.6 is 11.3 Å². The quantitative estimate of drug-likeness (QED) is 0.833. The highest BCUT2D eigenvalue weighted by Gasteiger charge is 2.35. The number of likely N-dealkylation sites (tertiary alicyclic amines) is 1. The average molecular weight is 241 g/mol. The molecule has 1 aliphatic rings.